The van der Waals surface area contributed by atoms with Gasteiger partial charge < -0.3 is 19.7 Å². The molecular weight excluding hydrogens is 448 g/mol. The van der Waals surface area contributed by atoms with E-state index in [9.17, 15) is 19.5 Å². The molecule has 0 aromatic heterocycles. The lowest BCUT2D eigenvalue weighted by Gasteiger charge is -2.30. The van der Waals surface area contributed by atoms with Gasteiger partial charge in [0.2, 0.25) is 0 Å². The number of cyclic esters (lactones) is 1. The van der Waals surface area contributed by atoms with E-state index in [4.69, 9.17) is 14.6 Å². The zero-order valence-electron chi connectivity index (χ0n) is 18.2. The van der Waals surface area contributed by atoms with Crippen molar-refractivity contribution in [2.45, 2.75) is 5.60 Å². The standard InChI is InChI=1S/C28H18O7/c29-21-13-9-19(10-14-21)28(24-4-2-1-3-23(24)27(33)35-28)20-11-15-22(16-12-20)34-26(32)18-7-5-17(6-8-18)25(30)31/h1-16,29H,(H,30,31). The highest BCUT2D eigenvalue weighted by Crippen LogP contribution is 2.47. The first-order valence-electron chi connectivity index (χ1n) is 10.7. The number of aromatic hydroxyl groups is 1. The second kappa shape index (κ2) is 8.46. The van der Waals surface area contributed by atoms with Crippen LogP contribution in [0.2, 0.25) is 0 Å². The molecule has 172 valence electrons. The summed E-state index contributed by atoms with van der Waals surface area (Å²) in [6.07, 6.45) is 0. The molecule has 0 radical (unpaired) electrons. The van der Waals surface area contributed by atoms with Crippen LogP contribution in [0.1, 0.15) is 47.8 Å². The fourth-order valence-electron chi connectivity index (χ4n) is 4.18. The van der Waals surface area contributed by atoms with Gasteiger partial charge in [0.1, 0.15) is 11.5 Å². The number of ether oxygens (including phenoxy) is 2. The molecule has 0 bridgehead atoms. The number of hydrogen-bond acceptors (Lipinski definition) is 6. The maximum atomic E-state index is 12.8. The molecule has 0 saturated carbocycles. The Balaban J connectivity index is 1.49. The van der Waals surface area contributed by atoms with Crippen LogP contribution in [-0.2, 0) is 10.3 Å². The number of phenols is 1. The van der Waals surface area contributed by atoms with Crippen LogP contribution in [-0.4, -0.2) is 28.1 Å². The van der Waals surface area contributed by atoms with E-state index >= 15 is 0 Å². The molecule has 1 unspecified atom stereocenters. The number of hydrogen-bond donors (Lipinski definition) is 2. The minimum Gasteiger partial charge on any atom is -0.508 e. The van der Waals surface area contributed by atoms with Crippen LogP contribution in [0.15, 0.2) is 97.1 Å². The number of phenolic OH excluding ortho intramolecular Hbond substituents is 1. The Kier molecular flexibility index (Phi) is 5.30. The molecule has 1 aliphatic rings. The summed E-state index contributed by atoms with van der Waals surface area (Å²) >= 11 is 0. The zero-order valence-corrected chi connectivity index (χ0v) is 18.2. The third kappa shape index (κ3) is 3.79. The molecule has 1 aliphatic heterocycles. The van der Waals surface area contributed by atoms with Gasteiger partial charge in [-0.15, -0.1) is 0 Å². The quantitative estimate of drug-likeness (QED) is 0.322. The lowest BCUT2D eigenvalue weighted by molar-refractivity contribution is 0.0251. The lowest BCUT2D eigenvalue weighted by atomic mass is 9.80. The molecule has 0 spiro atoms. The third-order valence-corrected chi connectivity index (χ3v) is 5.88. The fraction of sp³-hybridized carbons (Fsp3) is 0.0357. The van der Waals surface area contributed by atoms with Gasteiger partial charge in [0.05, 0.1) is 16.7 Å². The van der Waals surface area contributed by atoms with Crippen LogP contribution in [0, 0.1) is 0 Å². The van der Waals surface area contributed by atoms with Gasteiger partial charge in [-0.3, -0.25) is 0 Å². The molecule has 0 saturated heterocycles. The number of carboxylic acid groups (broad SMARTS) is 1. The smallest absolute Gasteiger partial charge is 0.343 e. The van der Waals surface area contributed by atoms with Gasteiger partial charge in [-0.1, -0.05) is 42.5 Å². The van der Waals surface area contributed by atoms with Crippen molar-refractivity contribution in [3.63, 3.8) is 0 Å². The van der Waals surface area contributed by atoms with Crippen molar-refractivity contribution in [2.24, 2.45) is 0 Å². The van der Waals surface area contributed by atoms with Crippen LogP contribution in [0.4, 0.5) is 0 Å². The van der Waals surface area contributed by atoms with E-state index in [0.29, 0.717) is 22.3 Å². The van der Waals surface area contributed by atoms with Crippen molar-refractivity contribution in [3.8, 4) is 11.5 Å². The van der Waals surface area contributed by atoms with Gasteiger partial charge in [0.25, 0.3) is 0 Å². The number of benzene rings is 4. The zero-order chi connectivity index (χ0) is 24.6. The van der Waals surface area contributed by atoms with Crippen molar-refractivity contribution in [3.05, 3.63) is 130 Å². The Labute approximate surface area is 199 Å². The third-order valence-electron chi connectivity index (χ3n) is 5.88. The molecule has 2 N–H and O–H groups in total. The van der Waals surface area contributed by atoms with E-state index in [1.807, 2.05) is 12.1 Å². The maximum absolute atomic E-state index is 12.8. The summed E-state index contributed by atoms with van der Waals surface area (Å²) in [5.74, 6) is -1.84. The van der Waals surface area contributed by atoms with Crippen molar-refractivity contribution in [2.75, 3.05) is 0 Å². The molecule has 4 aromatic carbocycles. The highest BCUT2D eigenvalue weighted by molar-refractivity contribution is 5.96. The maximum Gasteiger partial charge on any atom is 0.343 e. The van der Waals surface area contributed by atoms with Crippen LogP contribution < -0.4 is 4.74 Å². The molecule has 7 nitrogen and oxygen atoms in total. The highest BCUT2D eigenvalue weighted by atomic mass is 16.6. The Bertz CT molecular complexity index is 1440. The van der Waals surface area contributed by atoms with Crippen molar-refractivity contribution in [1.29, 1.82) is 0 Å². The summed E-state index contributed by atoms with van der Waals surface area (Å²) in [5, 5.41) is 18.8. The summed E-state index contributed by atoms with van der Waals surface area (Å²) in [6.45, 7) is 0. The topological polar surface area (TPSA) is 110 Å². The molecule has 1 heterocycles. The number of fused-ring (bicyclic) bond motifs is 1. The fourth-order valence-corrected chi connectivity index (χ4v) is 4.18. The van der Waals surface area contributed by atoms with E-state index in [1.54, 1.807) is 48.5 Å². The number of carbonyl (C=O) groups excluding carboxylic acids is 2. The molecule has 0 aliphatic carbocycles. The van der Waals surface area contributed by atoms with Gasteiger partial charge in [0.15, 0.2) is 5.60 Å². The molecule has 0 amide bonds. The second-order valence-corrected chi connectivity index (χ2v) is 7.96. The first-order valence-corrected chi connectivity index (χ1v) is 10.7. The highest BCUT2D eigenvalue weighted by Gasteiger charge is 2.48. The van der Waals surface area contributed by atoms with Crippen LogP contribution in [0.3, 0.4) is 0 Å². The molecule has 4 aromatic rings. The lowest BCUT2D eigenvalue weighted by Crippen LogP contribution is -2.29. The Morgan fingerprint density at radius 1 is 0.743 bits per heavy atom. The largest absolute Gasteiger partial charge is 0.508 e. The first-order chi connectivity index (χ1) is 16.9. The Morgan fingerprint density at radius 2 is 1.31 bits per heavy atom. The summed E-state index contributed by atoms with van der Waals surface area (Å²) in [6, 6.07) is 25.6. The van der Waals surface area contributed by atoms with Crippen molar-refractivity contribution < 1.29 is 34.1 Å². The summed E-state index contributed by atoms with van der Waals surface area (Å²) in [7, 11) is 0. The summed E-state index contributed by atoms with van der Waals surface area (Å²) in [5.41, 5.74) is 1.43. The van der Waals surface area contributed by atoms with E-state index in [1.165, 1.54) is 36.4 Å². The van der Waals surface area contributed by atoms with Gasteiger partial charge in [0, 0.05) is 16.7 Å². The van der Waals surface area contributed by atoms with E-state index in [2.05, 4.69) is 0 Å². The monoisotopic (exact) mass is 466 g/mol. The number of rotatable bonds is 5. The van der Waals surface area contributed by atoms with Gasteiger partial charge in [-0.05, 0) is 54.6 Å². The summed E-state index contributed by atoms with van der Waals surface area (Å²) in [4.78, 5) is 36.2. The van der Waals surface area contributed by atoms with E-state index in [-0.39, 0.29) is 22.6 Å². The van der Waals surface area contributed by atoms with Gasteiger partial charge >= 0.3 is 17.9 Å². The Morgan fingerprint density at radius 3 is 1.94 bits per heavy atom. The molecule has 35 heavy (non-hydrogen) atoms. The van der Waals surface area contributed by atoms with Crippen LogP contribution in [0.5, 0.6) is 11.5 Å². The molecule has 7 heteroatoms. The molecular formula is C28H18O7. The van der Waals surface area contributed by atoms with Crippen molar-refractivity contribution >= 4 is 17.9 Å². The van der Waals surface area contributed by atoms with Crippen LogP contribution in [0.25, 0.3) is 0 Å². The molecule has 0 fully saturated rings. The first kappa shape index (κ1) is 21.9. The average molecular weight is 466 g/mol. The van der Waals surface area contributed by atoms with Crippen LogP contribution >= 0.6 is 0 Å². The minimum atomic E-state index is -1.24. The summed E-state index contributed by atoms with van der Waals surface area (Å²) < 4.78 is 11.4. The molecule has 1 atom stereocenters. The minimum absolute atomic E-state index is 0.0665. The number of esters is 2. The number of aromatic carboxylic acids is 1. The van der Waals surface area contributed by atoms with E-state index in [0.717, 1.165) is 0 Å². The predicted octanol–water partition coefficient (Wildman–Crippen LogP) is 4.77. The Hall–Kier alpha value is -4.91. The normalized spacial score (nSPS) is 16.3. The number of carboxylic acids is 1. The number of carbonyl (C=O) groups is 3. The van der Waals surface area contributed by atoms with Gasteiger partial charge in [-0.25, -0.2) is 14.4 Å². The predicted molar refractivity (Wildman–Crippen MR) is 125 cm³/mol. The SMILES string of the molecule is O=C(O)c1ccc(C(=O)Oc2ccc(C3(c4ccc(O)cc4)OC(=O)c4ccccc43)cc2)cc1. The van der Waals surface area contributed by atoms with Crippen molar-refractivity contribution in [1.82, 2.24) is 0 Å². The van der Waals surface area contributed by atoms with E-state index < -0.39 is 23.5 Å². The second-order valence-electron chi connectivity index (χ2n) is 7.96. The molecule has 5 rings (SSSR count). The average Bonchev–Trinajstić information content (AvgIpc) is 3.18. The van der Waals surface area contributed by atoms with Gasteiger partial charge in [-0.2, -0.15) is 0 Å².